The molecule has 20 heavy (non-hydrogen) atoms. The van der Waals surface area contributed by atoms with Crippen LogP contribution in [0.1, 0.15) is 5.56 Å². The van der Waals surface area contributed by atoms with E-state index in [1.54, 1.807) is 19.1 Å². The highest BCUT2D eigenvalue weighted by molar-refractivity contribution is 7.85. The van der Waals surface area contributed by atoms with Gasteiger partial charge in [0.1, 0.15) is 5.82 Å². The molecule has 0 amide bonds. The smallest absolute Gasteiger partial charge is 0.294 e. The zero-order valence-corrected chi connectivity index (χ0v) is 11.5. The summed E-state index contributed by atoms with van der Waals surface area (Å²) in [5.41, 5.74) is 2.78. The summed E-state index contributed by atoms with van der Waals surface area (Å²) in [6.07, 6.45) is 0. The number of hydrogen-bond acceptors (Lipinski definition) is 3. The third kappa shape index (κ3) is 2.19. The minimum Gasteiger partial charge on any atom is -0.338 e. The average Bonchev–Trinajstić information content (AvgIpc) is 2.81. The largest absolute Gasteiger partial charge is 0.338 e. The number of benzene rings is 2. The van der Waals surface area contributed by atoms with E-state index in [1.807, 2.05) is 24.3 Å². The second-order valence-electron chi connectivity index (χ2n) is 4.56. The lowest BCUT2D eigenvalue weighted by atomic mass is 10.1. The van der Waals surface area contributed by atoms with Gasteiger partial charge < -0.3 is 4.98 Å². The molecule has 102 valence electrons. The van der Waals surface area contributed by atoms with Gasteiger partial charge in [0.15, 0.2) is 0 Å². The molecule has 0 bridgehead atoms. The number of fused-ring (bicyclic) bond motifs is 1. The summed E-state index contributed by atoms with van der Waals surface area (Å²) in [4.78, 5) is 7.42. The zero-order chi connectivity index (χ0) is 14.3. The monoisotopic (exact) mass is 288 g/mol. The van der Waals surface area contributed by atoms with Crippen LogP contribution in [0.25, 0.3) is 22.4 Å². The molecule has 2 aromatic carbocycles. The van der Waals surface area contributed by atoms with Gasteiger partial charge in [-0.2, -0.15) is 8.42 Å². The van der Waals surface area contributed by atoms with Crippen LogP contribution in [-0.2, 0) is 10.1 Å². The van der Waals surface area contributed by atoms with Crippen molar-refractivity contribution in [1.82, 2.24) is 9.97 Å². The van der Waals surface area contributed by atoms with Crippen molar-refractivity contribution in [2.45, 2.75) is 11.8 Å². The topological polar surface area (TPSA) is 83.0 Å². The molecule has 3 aromatic rings. The number of H-pyrrole nitrogens is 1. The van der Waals surface area contributed by atoms with Crippen LogP contribution in [0.4, 0.5) is 0 Å². The van der Waals surface area contributed by atoms with E-state index in [0.29, 0.717) is 17.0 Å². The van der Waals surface area contributed by atoms with Gasteiger partial charge in [-0.15, -0.1) is 0 Å². The highest BCUT2D eigenvalue weighted by Crippen LogP contribution is 2.25. The van der Waals surface area contributed by atoms with Crippen molar-refractivity contribution < 1.29 is 13.0 Å². The predicted octanol–water partition coefficient (Wildman–Crippen LogP) is 2.79. The fraction of sp³-hybridized carbons (Fsp3) is 0.0714. The Morgan fingerprint density at radius 2 is 1.90 bits per heavy atom. The lowest BCUT2D eigenvalue weighted by Gasteiger charge is -2.04. The molecule has 0 fully saturated rings. The predicted molar refractivity (Wildman–Crippen MR) is 76.1 cm³/mol. The van der Waals surface area contributed by atoms with E-state index in [9.17, 15) is 13.0 Å². The molecule has 0 saturated heterocycles. The summed E-state index contributed by atoms with van der Waals surface area (Å²) in [5.74, 6) is 0.566. The quantitative estimate of drug-likeness (QED) is 0.710. The number of rotatable bonds is 2. The second kappa shape index (κ2) is 4.43. The Labute approximate surface area is 116 Å². The molecule has 3 rings (SSSR count). The van der Waals surface area contributed by atoms with Crippen molar-refractivity contribution >= 4 is 21.2 Å². The Balaban J connectivity index is 2.19. The maximum Gasteiger partial charge on any atom is 0.294 e. The molecule has 2 N–H and O–H groups in total. The van der Waals surface area contributed by atoms with Gasteiger partial charge in [0, 0.05) is 5.56 Å². The Kier molecular flexibility index (Phi) is 2.84. The van der Waals surface area contributed by atoms with Gasteiger partial charge in [-0.1, -0.05) is 24.3 Å². The first-order valence-electron chi connectivity index (χ1n) is 5.98. The molecule has 1 aromatic heterocycles. The van der Waals surface area contributed by atoms with Gasteiger partial charge in [-0.05, 0) is 30.7 Å². The molecule has 0 aliphatic carbocycles. The highest BCUT2D eigenvalue weighted by atomic mass is 32.2. The molecule has 5 nitrogen and oxygen atoms in total. The Hall–Kier alpha value is -2.18. The molecular formula is C14H12N2O3S. The zero-order valence-electron chi connectivity index (χ0n) is 10.7. The van der Waals surface area contributed by atoms with Crippen LogP contribution in [-0.4, -0.2) is 22.9 Å². The summed E-state index contributed by atoms with van der Waals surface area (Å²) in [6, 6.07) is 12.4. The standard InChI is InChI=1S/C14H12N2O3S/c1-9-6-7-10(8-13(9)20(17,18)19)14-15-11-4-2-3-5-12(11)16-14/h2-8H,1H3,(H,15,16)(H,17,18,19). The third-order valence-electron chi connectivity index (χ3n) is 3.13. The Morgan fingerprint density at radius 1 is 1.15 bits per heavy atom. The number of nitrogens with zero attached hydrogens (tertiary/aromatic N) is 1. The summed E-state index contributed by atoms with van der Waals surface area (Å²) >= 11 is 0. The molecule has 0 aliphatic rings. The van der Waals surface area contributed by atoms with Gasteiger partial charge in [-0.25, -0.2) is 4.98 Å². The molecule has 0 spiro atoms. The van der Waals surface area contributed by atoms with Crippen molar-refractivity contribution in [2.24, 2.45) is 0 Å². The summed E-state index contributed by atoms with van der Waals surface area (Å²) in [5, 5.41) is 0. The highest BCUT2D eigenvalue weighted by Gasteiger charge is 2.15. The number of aryl methyl sites for hydroxylation is 1. The molecule has 0 aliphatic heterocycles. The summed E-state index contributed by atoms with van der Waals surface area (Å²) < 4.78 is 31.9. The molecule has 0 unspecified atom stereocenters. The number of para-hydroxylation sites is 2. The van der Waals surface area contributed by atoms with Crippen LogP contribution in [0.15, 0.2) is 47.4 Å². The fourth-order valence-electron chi connectivity index (χ4n) is 2.11. The van der Waals surface area contributed by atoms with E-state index in [0.717, 1.165) is 11.0 Å². The van der Waals surface area contributed by atoms with E-state index in [-0.39, 0.29) is 4.90 Å². The van der Waals surface area contributed by atoms with Gasteiger partial charge in [-0.3, -0.25) is 4.55 Å². The second-order valence-corrected chi connectivity index (χ2v) is 5.95. The van der Waals surface area contributed by atoms with Gasteiger partial charge in [0.2, 0.25) is 0 Å². The number of nitrogens with one attached hydrogen (secondary N) is 1. The first-order valence-corrected chi connectivity index (χ1v) is 7.42. The lowest BCUT2D eigenvalue weighted by molar-refractivity contribution is 0.482. The van der Waals surface area contributed by atoms with Crippen molar-refractivity contribution in [3.05, 3.63) is 48.0 Å². The van der Waals surface area contributed by atoms with E-state index < -0.39 is 10.1 Å². The Morgan fingerprint density at radius 3 is 2.60 bits per heavy atom. The van der Waals surface area contributed by atoms with Gasteiger partial charge >= 0.3 is 0 Å². The minimum atomic E-state index is -4.24. The van der Waals surface area contributed by atoms with Crippen LogP contribution >= 0.6 is 0 Å². The number of aromatic nitrogens is 2. The van der Waals surface area contributed by atoms with E-state index in [1.165, 1.54) is 6.07 Å². The van der Waals surface area contributed by atoms with E-state index >= 15 is 0 Å². The van der Waals surface area contributed by atoms with E-state index in [4.69, 9.17) is 0 Å². The normalized spacial score (nSPS) is 11.9. The van der Waals surface area contributed by atoms with Crippen molar-refractivity contribution in [1.29, 1.82) is 0 Å². The van der Waals surface area contributed by atoms with E-state index in [2.05, 4.69) is 9.97 Å². The van der Waals surface area contributed by atoms with Gasteiger partial charge in [0.25, 0.3) is 10.1 Å². The van der Waals surface area contributed by atoms with Crippen molar-refractivity contribution in [3.63, 3.8) is 0 Å². The van der Waals surface area contributed by atoms with Crippen LogP contribution in [0.2, 0.25) is 0 Å². The average molecular weight is 288 g/mol. The first-order chi connectivity index (χ1) is 9.45. The number of aromatic amines is 1. The number of hydrogen-bond donors (Lipinski definition) is 2. The summed E-state index contributed by atoms with van der Waals surface area (Å²) in [7, 11) is -4.24. The van der Waals surface area contributed by atoms with Crippen molar-refractivity contribution in [2.75, 3.05) is 0 Å². The lowest BCUT2D eigenvalue weighted by Crippen LogP contribution is -2.01. The van der Waals surface area contributed by atoms with Crippen molar-refractivity contribution in [3.8, 4) is 11.4 Å². The molecule has 0 atom stereocenters. The minimum absolute atomic E-state index is 0.101. The van der Waals surface area contributed by atoms with Crippen LogP contribution in [0.3, 0.4) is 0 Å². The van der Waals surface area contributed by atoms with Crippen LogP contribution < -0.4 is 0 Å². The fourth-order valence-corrected chi connectivity index (χ4v) is 2.87. The molecule has 0 saturated carbocycles. The van der Waals surface area contributed by atoms with Crippen LogP contribution in [0.5, 0.6) is 0 Å². The maximum atomic E-state index is 11.3. The maximum absolute atomic E-state index is 11.3. The SMILES string of the molecule is Cc1ccc(-c2nc3ccccc3[nH]2)cc1S(=O)(=O)O. The molecule has 1 heterocycles. The number of imidazole rings is 1. The molecule has 6 heteroatoms. The molecular weight excluding hydrogens is 276 g/mol. The van der Waals surface area contributed by atoms with Gasteiger partial charge in [0.05, 0.1) is 15.9 Å². The summed E-state index contributed by atoms with van der Waals surface area (Å²) in [6.45, 7) is 1.63. The Bertz CT molecular complexity index is 865. The first kappa shape index (κ1) is 12.8. The van der Waals surface area contributed by atoms with Crippen LogP contribution in [0, 0.1) is 6.92 Å². The molecule has 0 radical (unpaired) electrons. The third-order valence-corrected chi connectivity index (χ3v) is 4.12.